The van der Waals surface area contributed by atoms with Gasteiger partial charge in [0.1, 0.15) is 6.33 Å². The SMILES string of the molecule is CCn1nnc2c(N3CC(C(=O)NC)C3)ncnc21. The van der Waals surface area contributed by atoms with Crippen molar-refractivity contribution in [2.75, 3.05) is 25.0 Å². The second kappa shape index (κ2) is 4.45. The van der Waals surface area contributed by atoms with Crippen LogP contribution in [0.2, 0.25) is 0 Å². The Bertz CT molecular complexity index is 617. The first kappa shape index (κ1) is 11.8. The van der Waals surface area contributed by atoms with Crippen LogP contribution in [0.3, 0.4) is 0 Å². The first-order chi connectivity index (χ1) is 9.24. The Morgan fingerprint density at radius 1 is 1.47 bits per heavy atom. The molecule has 3 heterocycles. The molecule has 0 aliphatic carbocycles. The van der Waals surface area contributed by atoms with Gasteiger partial charge < -0.3 is 10.2 Å². The van der Waals surface area contributed by atoms with Crippen molar-refractivity contribution in [2.24, 2.45) is 5.92 Å². The molecule has 0 radical (unpaired) electrons. The fourth-order valence-electron chi connectivity index (χ4n) is 2.25. The summed E-state index contributed by atoms with van der Waals surface area (Å²) in [5.74, 6) is 0.847. The summed E-state index contributed by atoms with van der Waals surface area (Å²) >= 11 is 0. The fourth-order valence-corrected chi connectivity index (χ4v) is 2.25. The Labute approximate surface area is 109 Å². The normalized spacial score (nSPS) is 15.6. The largest absolute Gasteiger partial charge is 0.359 e. The number of hydrogen-bond donors (Lipinski definition) is 1. The van der Waals surface area contributed by atoms with Gasteiger partial charge in [-0.15, -0.1) is 5.10 Å². The molecule has 0 spiro atoms. The van der Waals surface area contributed by atoms with Crippen LogP contribution in [-0.4, -0.2) is 51.0 Å². The molecule has 0 bridgehead atoms. The Morgan fingerprint density at radius 2 is 2.26 bits per heavy atom. The average Bonchev–Trinajstić information content (AvgIpc) is 2.80. The number of nitrogens with zero attached hydrogens (tertiary/aromatic N) is 6. The summed E-state index contributed by atoms with van der Waals surface area (Å²) in [7, 11) is 1.65. The van der Waals surface area contributed by atoms with Gasteiger partial charge in [0.25, 0.3) is 0 Å². The zero-order valence-electron chi connectivity index (χ0n) is 10.9. The van der Waals surface area contributed by atoms with Gasteiger partial charge in [-0.25, -0.2) is 14.6 Å². The van der Waals surface area contributed by atoms with Gasteiger partial charge in [0.15, 0.2) is 17.0 Å². The Morgan fingerprint density at radius 3 is 2.95 bits per heavy atom. The number of aromatic nitrogens is 5. The summed E-state index contributed by atoms with van der Waals surface area (Å²) in [6, 6.07) is 0. The molecule has 8 nitrogen and oxygen atoms in total. The van der Waals surface area contributed by atoms with E-state index in [9.17, 15) is 4.79 Å². The maximum atomic E-state index is 11.5. The minimum Gasteiger partial charge on any atom is -0.359 e. The number of amides is 1. The molecule has 1 fully saturated rings. The lowest BCUT2D eigenvalue weighted by Crippen LogP contribution is -2.53. The lowest BCUT2D eigenvalue weighted by atomic mass is 9.99. The average molecular weight is 261 g/mol. The molecular weight excluding hydrogens is 246 g/mol. The highest BCUT2D eigenvalue weighted by molar-refractivity contribution is 5.86. The molecule has 1 saturated heterocycles. The summed E-state index contributed by atoms with van der Waals surface area (Å²) in [4.78, 5) is 22.0. The first-order valence-corrected chi connectivity index (χ1v) is 6.25. The highest BCUT2D eigenvalue weighted by atomic mass is 16.1. The molecule has 0 atom stereocenters. The van der Waals surface area contributed by atoms with Crippen molar-refractivity contribution >= 4 is 22.9 Å². The molecule has 2 aromatic rings. The number of nitrogens with one attached hydrogen (secondary N) is 1. The van der Waals surface area contributed by atoms with Crippen LogP contribution in [0.15, 0.2) is 6.33 Å². The molecule has 2 aromatic heterocycles. The monoisotopic (exact) mass is 261 g/mol. The number of carbonyl (C=O) groups is 1. The van der Waals surface area contributed by atoms with E-state index < -0.39 is 0 Å². The number of aryl methyl sites for hydroxylation is 1. The maximum absolute atomic E-state index is 11.5. The molecule has 1 aliphatic heterocycles. The van der Waals surface area contributed by atoms with Crippen molar-refractivity contribution in [1.29, 1.82) is 0 Å². The predicted octanol–water partition coefficient (Wildman–Crippen LogP) is -0.577. The van der Waals surface area contributed by atoms with Crippen LogP contribution >= 0.6 is 0 Å². The molecule has 0 unspecified atom stereocenters. The van der Waals surface area contributed by atoms with Crippen molar-refractivity contribution in [2.45, 2.75) is 13.5 Å². The Balaban J connectivity index is 1.87. The van der Waals surface area contributed by atoms with E-state index in [-0.39, 0.29) is 11.8 Å². The summed E-state index contributed by atoms with van der Waals surface area (Å²) in [5.41, 5.74) is 1.43. The molecule has 100 valence electrons. The van der Waals surface area contributed by atoms with Crippen LogP contribution in [-0.2, 0) is 11.3 Å². The molecule has 1 amide bonds. The quantitative estimate of drug-likeness (QED) is 0.795. The third-order valence-electron chi connectivity index (χ3n) is 3.38. The van der Waals surface area contributed by atoms with Crippen molar-refractivity contribution in [3.63, 3.8) is 0 Å². The van der Waals surface area contributed by atoms with Crippen LogP contribution in [0.5, 0.6) is 0 Å². The molecule has 0 aromatic carbocycles. The number of carbonyl (C=O) groups excluding carboxylic acids is 1. The van der Waals surface area contributed by atoms with E-state index in [1.54, 1.807) is 11.7 Å². The van der Waals surface area contributed by atoms with E-state index in [1.165, 1.54) is 6.33 Å². The first-order valence-electron chi connectivity index (χ1n) is 6.25. The van der Waals surface area contributed by atoms with Gasteiger partial charge in [0.05, 0.1) is 5.92 Å². The Kier molecular flexibility index (Phi) is 2.77. The van der Waals surface area contributed by atoms with Gasteiger partial charge in [-0.05, 0) is 6.92 Å². The summed E-state index contributed by atoms with van der Waals surface area (Å²) in [5, 5.41) is 10.8. The van der Waals surface area contributed by atoms with Gasteiger partial charge in [-0.1, -0.05) is 5.21 Å². The van der Waals surface area contributed by atoms with Crippen LogP contribution in [0.1, 0.15) is 6.92 Å². The number of hydrogen-bond acceptors (Lipinski definition) is 6. The molecule has 1 aliphatic rings. The van der Waals surface area contributed by atoms with Crippen molar-refractivity contribution in [3.05, 3.63) is 6.33 Å². The summed E-state index contributed by atoms with van der Waals surface area (Å²) in [6.07, 6.45) is 1.51. The molecule has 3 rings (SSSR count). The number of anilines is 1. The Hall–Kier alpha value is -2.25. The lowest BCUT2D eigenvalue weighted by Gasteiger charge is -2.38. The topological polar surface area (TPSA) is 88.8 Å². The third-order valence-corrected chi connectivity index (χ3v) is 3.38. The minimum atomic E-state index is 0.0243. The maximum Gasteiger partial charge on any atom is 0.226 e. The van der Waals surface area contributed by atoms with Gasteiger partial charge in [-0.3, -0.25) is 4.79 Å². The van der Waals surface area contributed by atoms with Gasteiger partial charge >= 0.3 is 0 Å². The van der Waals surface area contributed by atoms with E-state index in [0.717, 1.165) is 11.5 Å². The molecule has 19 heavy (non-hydrogen) atoms. The summed E-state index contributed by atoms with van der Waals surface area (Å²) < 4.78 is 1.73. The van der Waals surface area contributed by atoms with Crippen molar-refractivity contribution in [1.82, 2.24) is 30.3 Å². The van der Waals surface area contributed by atoms with E-state index >= 15 is 0 Å². The van der Waals surface area contributed by atoms with E-state index in [1.807, 2.05) is 11.8 Å². The highest BCUT2D eigenvalue weighted by Crippen LogP contribution is 2.27. The van der Waals surface area contributed by atoms with E-state index in [0.29, 0.717) is 25.2 Å². The van der Waals surface area contributed by atoms with E-state index in [4.69, 9.17) is 0 Å². The van der Waals surface area contributed by atoms with Gasteiger partial charge in [-0.2, -0.15) is 0 Å². The third kappa shape index (κ3) is 1.79. The molecular formula is C11H15N7O. The van der Waals surface area contributed by atoms with Crippen molar-refractivity contribution in [3.8, 4) is 0 Å². The van der Waals surface area contributed by atoms with Crippen LogP contribution in [0.25, 0.3) is 11.2 Å². The lowest BCUT2D eigenvalue weighted by molar-refractivity contribution is -0.125. The zero-order chi connectivity index (χ0) is 13.4. The van der Waals surface area contributed by atoms with Crippen molar-refractivity contribution < 1.29 is 4.79 Å². The standard InChI is InChI=1S/C11H15N7O/c1-3-18-10-8(15-16-18)9(13-6-14-10)17-4-7(5-17)11(19)12-2/h6-7H,3-5H2,1-2H3,(H,12,19). The van der Waals surface area contributed by atoms with Gasteiger partial charge in [0, 0.05) is 26.7 Å². The van der Waals surface area contributed by atoms with Gasteiger partial charge in [0.2, 0.25) is 5.91 Å². The molecule has 1 N–H and O–H groups in total. The second-order valence-corrected chi connectivity index (χ2v) is 4.49. The predicted molar refractivity (Wildman–Crippen MR) is 68.6 cm³/mol. The molecule has 8 heteroatoms. The number of rotatable bonds is 3. The fraction of sp³-hybridized carbons (Fsp3) is 0.545. The van der Waals surface area contributed by atoms with Crippen LogP contribution in [0.4, 0.5) is 5.82 Å². The number of fused-ring (bicyclic) bond motifs is 1. The highest BCUT2D eigenvalue weighted by Gasteiger charge is 2.34. The smallest absolute Gasteiger partial charge is 0.226 e. The summed E-state index contributed by atoms with van der Waals surface area (Å²) in [6.45, 7) is 4.02. The second-order valence-electron chi connectivity index (χ2n) is 4.49. The van der Waals surface area contributed by atoms with E-state index in [2.05, 4.69) is 25.6 Å². The van der Waals surface area contributed by atoms with Crippen LogP contribution < -0.4 is 10.2 Å². The molecule has 0 saturated carbocycles. The minimum absolute atomic E-state index is 0.0243. The zero-order valence-corrected chi connectivity index (χ0v) is 10.9. The van der Waals surface area contributed by atoms with Crippen LogP contribution in [0, 0.1) is 5.92 Å².